The van der Waals surface area contributed by atoms with Crippen molar-refractivity contribution in [1.29, 1.82) is 0 Å². The average Bonchev–Trinajstić information content (AvgIpc) is 2.86. The molecule has 5 nitrogen and oxygen atoms in total. The number of rotatable bonds is 7. The fourth-order valence-electron chi connectivity index (χ4n) is 5.21. The van der Waals surface area contributed by atoms with Crippen LogP contribution in [0.25, 0.3) is 16.7 Å². The van der Waals surface area contributed by atoms with Gasteiger partial charge in [0, 0.05) is 28.7 Å². The minimum Gasteiger partial charge on any atom is -0.464 e. The van der Waals surface area contributed by atoms with Crippen molar-refractivity contribution in [3.8, 4) is 0 Å². The van der Waals surface area contributed by atoms with Crippen molar-refractivity contribution < 1.29 is 4.74 Å². The Morgan fingerprint density at radius 2 is 1.76 bits per heavy atom. The number of likely N-dealkylation sites (tertiary alicyclic amines) is 2. The molecule has 0 radical (unpaired) electrons. The number of ether oxygens (including phenoxy) is 1. The molecule has 2 aliphatic rings. The number of nitrogens with zero attached hydrogens (tertiary/aromatic N) is 3. The smallest absolute Gasteiger partial charge is 0.147 e. The van der Waals surface area contributed by atoms with E-state index >= 15 is 0 Å². The lowest BCUT2D eigenvalue weighted by molar-refractivity contribution is 0.0913. The first-order chi connectivity index (χ1) is 16.1. The van der Waals surface area contributed by atoms with Crippen LogP contribution in [0.1, 0.15) is 45.2 Å². The van der Waals surface area contributed by atoms with Crippen LogP contribution in [0.5, 0.6) is 0 Å². The Morgan fingerprint density at radius 3 is 2.42 bits per heavy atom. The monoisotopic (exact) mass is 446 g/mol. The van der Waals surface area contributed by atoms with E-state index in [4.69, 9.17) is 9.72 Å². The van der Waals surface area contributed by atoms with E-state index in [2.05, 4.69) is 66.0 Å². The highest BCUT2D eigenvalue weighted by Crippen LogP contribution is 2.30. The number of pyridine rings is 1. The average molecular weight is 447 g/mol. The van der Waals surface area contributed by atoms with Gasteiger partial charge in [-0.15, -0.1) is 0 Å². The molecule has 1 aromatic heterocycles. The highest BCUT2D eigenvalue weighted by atomic mass is 16.5. The lowest BCUT2D eigenvalue weighted by Crippen LogP contribution is -2.47. The first-order valence-corrected chi connectivity index (χ1v) is 12.3. The van der Waals surface area contributed by atoms with E-state index in [9.17, 15) is 0 Å². The van der Waals surface area contributed by atoms with Crippen LogP contribution in [-0.4, -0.2) is 54.1 Å². The summed E-state index contributed by atoms with van der Waals surface area (Å²) in [6.07, 6.45) is 10.7. The highest BCUT2D eigenvalue weighted by molar-refractivity contribution is 5.84. The van der Waals surface area contributed by atoms with Gasteiger partial charge in [-0.25, -0.2) is 4.98 Å². The van der Waals surface area contributed by atoms with Crippen molar-refractivity contribution in [1.82, 2.24) is 14.8 Å². The van der Waals surface area contributed by atoms with Crippen LogP contribution >= 0.6 is 0 Å². The van der Waals surface area contributed by atoms with Gasteiger partial charge in [-0.1, -0.05) is 24.8 Å². The third kappa shape index (κ3) is 5.66. The molecule has 2 aliphatic heterocycles. The van der Waals surface area contributed by atoms with Gasteiger partial charge in [0.15, 0.2) is 0 Å². The second kappa shape index (κ2) is 11.0. The Labute approximate surface area is 198 Å². The number of piperidine rings is 2. The van der Waals surface area contributed by atoms with Gasteiger partial charge in [0.1, 0.15) is 11.5 Å². The van der Waals surface area contributed by atoms with Crippen LogP contribution in [0.15, 0.2) is 61.0 Å². The highest BCUT2D eigenvalue weighted by Gasteiger charge is 2.28. The maximum atomic E-state index is 5.51. The maximum Gasteiger partial charge on any atom is 0.147 e. The van der Waals surface area contributed by atoms with Gasteiger partial charge in [0.2, 0.25) is 0 Å². The molecule has 2 saturated heterocycles. The molecule has 0 amide bonds. The second-order valence-corrected chi connectivity index (χ2v) is 9.26. The molecule has 1 aromatic carbocycles. The van der Waals surface area contributed by atoms with E-state index < -0.39 is 0 Å². The number of fused-ring (bicyclic) bond motifs is 1. The normalized spacial score (nSPS) is 20.2. The van der Waals surface area contributed by atoms with Crippen molar-refractivity contribution in [2.45, 2.75) is 45.6 Å². The van der Waals surface area contributed by atoms with E-state index in [-0.39, 0.29) is 0 Å². The van der Waals surface area contributed by atoms with Crippen LogP contribution in [0.4, 0.5) is 5.69 Å². The predicted octanol–water partition coefficient (Wildman–Crippen LogP) is 5.88. The van der Waals surface area contributed by atoms with Gasteiger partial charge in [-0.2, -0.15) is 0 Å². The summed E-state index contributed by atoms with van der Waals surface area (Å²) in [5.41, 5.74) is 4.19. The number of nitrogens with one attached hydrogen (secondary N) is 1. The van der Waals surface area contributed by atoms with Crippen molar-refractivity contribution in [3.05, 3.63) is 66.7 Å². The van der Waals surface area contributed by atoms with Crippen LogP contribution in [-0.2, 0) is 4.74 Å². The van der Waals surface area contributed by atoms with Gasteiger partial charge in [0.25, 0.3) is 0 Å². The van der Waals surface area contributed by atoms with Gasteiger partial charge in [-0.3, -0.25) is 0 Å². The summed E-state index contributed by atoms with van der Waals surface area (Å²) in [5, 5.41) is 4.83. The molecule has 33 heavy (non-hydrogen) atoms. The third-order valence-electron chi connectivity index (χ3n) is 7.19. The standard InChI is InChI=1S/C28H38N4O/c1-5-25(22-12-18-32(19-13-22)24-14-16-31(4)17-15-24)29-23-10-8-21-9-11-26(30-27(21)20-23)28(6-2)33-7-3/h5-11,20,22,24,29H,3,12-19H2,1-2,4H3/b25-5-,28-6-. The number of allylic oxidation sites excluding steroid dienone is 3. The van der Waals surface area contributed by atoms with E-state index in [1.165, 1.54) is 63.8 Å². The molecule has 176 valence electrons. The van der Waals surface area contributed by atoms with E-state index in [1.54, 1.807) is 0 Å². The SMILES string of the molecule is C=CO/C(=C\C)c1ccc2ccc(N/C(=C\C)C3CCN(C4CCN(C)CC4)CC3)cc2n1. The Bertz CT molecular complexity index is 1010. The first kappa shape index (κ1) is 23.5. The lowest BCUT2D eigenvalue weighted by Gasteiger charge is -2.41. The zero-order valence-electron chi connectivity index (χ0n) is 20.4. The van der Waals surface area contributed by atoms with Crippen molar-refractivity contribution in [2.75, 3.05) is 38.5 Å². The molecule has 0 unspecified atom stereocenters. The second-order valence-electron chi connectivity index (χ2n) is 9.26. The third-order valence-corrected chi connectivity index (χ3v) is 7.19. The molecule has 3 heterocycles. The van der Waals surface area contributed by atoms with Crippen molar-refractivity contribution in [3.63, 3.8) is 0 Å². The molecular formula is C28H38N4O. The number of hydrogen-bond donors (Lipinski definition) is 1. The zero-order valence-corrected chi connectivity index (χ0v) is 20.4. The summed E-state index contributed by atoms with van der Waals surface area (Å²) in [5.74, 6) is 1.30. The molecule has 5 heteroatoms. The molecule has 1 N–H and O–H groups in total. The van der Waals surface area contributed by atoms with Gasteiger partial charge < -0.3 is 19.9 Å². The number of benzene rings is 1. The van der Waals surface area contributed by atoms with E-state index in [1.807, 2.05) is 19.1 Å². The molecule has 0 saturated carbocycles. The largest absolute Gasteiger partial charge is 0.464 e. The zero-order chi connectivity index (χ0) is 23.2. The Morgan fingerprint density at radius 1 is 1.03 bits per heavy atom. The lowest BCUT2D eigenvalue weighted by atomic mass is 9.90. The fraction of sp³-hybridized carbons (Fsp3) is 0.464. The summed E-state index contributed by atoms with van der Waals surface area (Å²) >= 11 is 0. The van der Waals surface area contributed by atoms with Gasteiger partial charge in [0.05, 0.1) is 11.8 Å². The molecule has 0 bridgehead atoms. The van der Waals surface area contributed by atoms with Gasteiger partial charge in [-0.05, 0) is 97.0 Å². The minimum absolute atomic E-state index is 0.586. The number of aromatic nitrogens is 1. The Balaban J connectivity index is 1.41. The maximum absolute atomic E-state index is 5.51. The van der Waals surface area contributed by atoms with Crippen molar-refractivity contribution in [2.24, 2.45) is 5.92 Å². The number of anilines is 1. The molecule has 2 aromatic rings. The van der Waals surface area contributed by atoms with Crippen LogP contribution in [0.3, 0.4) is 0 Å². The summed E-state index contributed by atoms with van der Waals surface area (Å²) < 4.78 is 5.51. The van der Waals surface area contributed by atoms with Crippen LogP contribution in [0.2, 0.25) is 0 Å². The quantitative estimate of drug-likeness (QED) is 0.538. The topological polar surface area (TPSA) is 40.6 Å². The Hall–Kier alpha value is -2.63. The molecule has 0 aliphatic carbocycles. The minimum atomic E-state index is 0.586. The van der Waals surface area contributed by atoms with E-state index in [0.29, 0.717) is 5.92 Å². The molecule has 2 fully saturated rings. The van der Waals surface area contributed by atoms with Gasteiger partial charge >= 0.3 is 0 Å². The van der Waals surface area contributed by atoms with Crippen LogP contribution < -0.4 is 5.32 Å². The Kier molecular flexibility index (Phi) is 7.84. The summed E-state index contributed by atoms with van der Waals surface area (Å²) in [6.45, 7) is 12.6. The van der Waals surface area contributed by atoms with Crippen LogP contribution in [0, 0.1) is 5.92 Å². The number of hydrogen-bond acceptors (Lipinski definition) is 5. The first-order valence-electron chi connectivity index (χ1n) is 12.3. The molecule has 0 spiro atoms. The fourth-order valence-corrected chi connectivity index (χ4v) is 5.21. The molecule has 4 rings (SSSR count). The predicted molar refractivity (Wildman–Crippen MR) is 139 cm³/mol. The summed E-state index contributed by atoms with van der Waals surface area (Å²) in [4.78, 5) is 10.0. The summed E-state index contributed by atoms with van der Waals surface area (Å²) in [6, 6.07) is 11.3. The molecular weight excluding hydrogens is 408 g/mol. The molecule has 0 atom stereocenters. The van der Waals surface area contributed by atoms with Crippen molar-refractivity contribution >= 4 is 22.3 Å². The summed E-state index contributed by atoms with van der Waals surface area (Å²) in [7, 11) is 2.24. The van der Waals surface area contributed by atoms with E-state index in [0.717, 1.165) is 34.1 Å².